The predicted molar refractivity (Wildman–Crippen MR) is 112 cm³/mol. The Morgan fingerprint density at radius 2 is 2.18 bits per heavy atom. The molecule has 1 unspecified atom stereocenters. The Bertz CT molecular complexity index is 1020. The molecule has 3 aromatic rings. The fraction of sp³-hybridized carbons (Fsp3) is 0.409. The van der Waals surface area contributed by atoms with Gasteiger partial charge in [-0.15, -0.1) is 0 Å². The molecule has 2 aromatic heterocycles. The van der Waals surface area contributed by atoms with E-state index in [1.54, 1.807) is 12.4 Å². The minimum atomic E-state index is -0.470. The lowest BCUT2D eigenvalue weighted by Crippen LogP contribution is -2.22. The van der Waals surface area contributed by atoms with Gasteiger partial charge in [0.25, 0.3) is 0 Å². The maximum atomic E-state index is 12.8. The van der Waals surface area contributed by atoms with E-state index < -0.39 is 5.41 Å². The number of nitrogens with one attached hydrogen (secondary N) is 1. The molecule has 0 saturated carbocycles. The number of ketones is 1. The van der Waals surface area contributed by atoms with Crippen LogP contribution in [0.4, 0.5) is 5.69 Å². The minimum absolute atomic E-state index is 0.0591. The molecule has 0 bridgehead atoms. The first-order valence-corrected chi connectivity index (χ1v) is 9.81. The average Bonchev–Trinajstić information content (AvgIpc) is 3.33. The molecule has 1 aromatic carbocycles. The Hall–Kier alpha value is -2.73. The van der Waals surface area contributed by atoms with Crippen molar-refractivity contribution in [3.8, 4) is 11.3 Å². The van der Waals surface area contributed by atoms with Crippen LogP contribution in [0.5, 0.6) is 0 Å². The second-order valence-corrected chi connectivity index (χ2v) is 8.62. The maximum absolute atomic E-state index is 12.8. The quantitative estimate of drug-likeness (QED) is 0.678. The number of nitrogens with zero attached hydrogens (tertiary/aromatic N) is 3. The van der Waals surface area contributed by atoms with Crippen LogP contribution in [-0.4, -0.2) is 40.4 Å². The molecule has 0 radical (unpaired) electrons. The van der Waals surface area contributed by atoms with Crippen molar-refractivity contribution in [2.45, 2.75) is 27.2 Å². The Balaban J connectivity index is 1.70. The number of hydrogen-bond acceptors (Lipinski definition) is 5. The molecule has 0 spiro atoms. The Labute approximate surface area is 165 Å². The Morgan fingerprint density at radius 3 is 2.89 bits per heavy atom. The number of aromatic nitrogens is 3. The molecular formula is C22H27N5O. The van der Waals surface area contributed by atoms with Gasteiger partial charge in [-0.25, -0.2) is 9.97 Å². The molecule has 146 valence electrons. The summed E-state index contributed by atoms with van der Waals surface area (Å²) >= 11 is 0. The monoisotopic (exact) mass is 377 g/mol. The van der Waals surface area contributed by atoms with Crippen molar-refractivity contribution in [1.82, 2.24) is 15.0 Å². The van der Waals surface area contributed by atoms with Crippen LogP contribution >= 0.6 is 0 Å². The lowest BCUT2D eigenvalue weighted by Gasteiger charge is -2.19. The van der Waals surface area contributed by atoms with Gasteiger partial charge in [-0.1, -0.05) is 32.9 Å². The summed E-state index contributed by atoms with van der Waals surface area (Å²) in [5, 5.41) is 0. The van der Waals surface area contributed by atoms with Crippen LogP contribution in [-0.2, 0) is 0 Å². The average molecular weight is 377 g/mol. The van der Waals surface area contributed by atoms with Gasteiger partial charge in [0.2, 0.25) is 0 Å². The van der Waals surface area contributed by atoms with Crippen molar-refractivity contribution < 1.29 is 4.79 Å². The fourth-order valence-corrected chi connectivity index (χ4v) is 3.73. The highest BCUT2D eigenvalue weighted by Gasteiger charge is 2.26. The van der Waals surface area contributed by atoms with Gasteiger partial charge in [-0.2, -0.15) is 0 Å². The first-order chi connectivity index (χ1) is 13.4. The molecule has 3 N–H and O–H groups in total. The number of rotatable bonds is 4. The van der Waals surface area contributed by atoms with Crippen molar-refractivity contribution in [2.75, 3.05) is 24.5 Å². The number of benzene rings is 1. The number of anilines is 1. The van der Waals surface area contributed by atoms with E-state index in [-0.39, 0.29) is 5.78 Å². The van der Waals surface area contributed by atoms with Crippen LogP contribution in [0.15, 0.2) is 36.7 Å². The van der Waals surface area contributed by atoms with E-state index in [9.17, 15) is 4.79 Å². The number of hydrogen-bond donors (Lipinski definition) is 2. The topological polar surface area (TPSA) is 87.9 Å². The van der Waals surface area contributed by atoms with E-state index in [0.717, 1.165) is 37.3 Å². The summed E-state index contributed by atoms with van der Waals surface area (Å²) in [6.07, 6.45) is 4.61. The van der Waals surface area contributed by atoms with Gasteiger partial charge in [-0.05, 0) is 31.0 Å². The summed E-state index contributed by atoms with van der Waals surface area (Å²) in [5.74, 6) is 0.620. The normalized spacial score (nSPS) is 17.4. The second kappa shape index (κ2) is 7.02. The first-order valence-electron chi connectivity index (χ1n) is 9.81. The highest BCUT2D eigenvalue weighted by atomic mass is 16.1. The molecule has 1 fully saturated rings. The van der Waals surface area contributed by atoms with Crippen LogP contribution < -0.4 is 10.6 Å². The number of carbonyl (C=O) groups excluding carboxylic acids is 1. The van der Waals surface area contributed by atoms with E-state index >= 15 is 0 Å². The van der Waals surface area contributed by atoms with Crippen molar-refractivity contribution in [3.63, 3.8) is 0 Å². The van der Waals surface area contributed by atoms with Gasteiger partial charge in [0.15, 0.2) is 11.4 Å². The highest BCUT2D eigenvalue weighted by Crippen LogP contribution is 2.30. The van der Waals surface area contributed by atoms with Gasteiger partial charge < -0.3 is 15.6 Å². The number of nitrogens with two attached hydrogens (primary N) is 1. The summed E-state index contributed by atoms with van der Waals surface area (Å²) in [7, 11) is 0. The number of aromatic amines is 1. The maximum Gasteiger partial charge on any atom is 0.171 e. The molecule has 0 amide bonds. The third-order valence-corrected chi connectivity index (χ3v) is 5.43. The SMILES string of the molecule is CC(C)(C)C(=O)c1c[nH]c2ncc(-c3cccc(N4CCC(CN)C4)c3)nc12. The van der Waals surface area contributed by atoms with Crippen molar-refractivity contribution in [3.05, 3.63) is 42.2 Å². The van der Waals surface area contributed by atoms with Crippen LogP contribution in [0, 0.1) is 11.3 Å². The zero-order valence-corrected chi connectivity index (χ0v) is 16.7. The zero-order chi connectivity index (χ0) is 19.9. The zero-order valence-electron chi connectivity index (χ0n) is 16.7. The molecule has 1 aliphatic rings. The summed E-state index contributed by atoms with van der Waals surface area (Å²) in [6.45, 7) is 8.50. The number of fused-ring (bicyclic) bond motifs is 1. The smallest absolute Gasteiger partial charge is 0.171 e. The molecule has 1 aliphatic heterocycles. The molecule has 4 rings (SSSR count). The van der Waals surface area contributed by atoms with Gasteiger partial charge in [0, 0.05) is 36.0 Å². The molecule has 1 atom stereocenters. The van der Waals surface area contributed by atoms with E-state index in [0.29, 0.717) is 22.6 Å². The van der Waals surface area contributed by atoms with Gasteiger partial charge in [-0.3, -0.25) is 4.79 Å². The van der Waals surface area contributed by atoms with E-state index in [2.05, 4.69) is 27.0 Å². The molecular weight excluding hydrogens is 350 g/mol. The standard InChI is InChI=1S/C22H27N5O/c1-22(2,3)20(28)17-11-24-21-19(17)26-18(12-25-21)15-5-4-6-16(9-15)27-8-7-14(10-23)13-27/h4-6,9,11-12,14H,7-8,10,13,23H2,1-3H3,(H,24,25). The van der Waals surface area contributed by atoms with Gasteiger partial charge in [0.05, 0.1) is 17.5 Å². The summed E-state index contributed by atoms with van der Waals surface area (Å²) in [5.41, 5.74) is 10.2. The molecule has 6 nitrogen and oxygen atoms in total. The molecule has 0 aliphatic carbocycles. The van der Waals surface area contributed by atoms with Crippen LogP contribution in [0.3, 0.4) is 0 Å². The third kappa shape index (κ3) is 3.40. The molecule has 28 heavy (non-hydrogen) atoms. The molecule has 1 saturated heterocycles. The van der Waals surface area contributed by atoms with Crippen molar-refractivity contribution in [2.24, 2.45) is 17.1 Å². The largest absolute Gasteiger partial charge is 0.371 e. The molecule has 6 heteroatoms. The summed E-state index contributed by atoms with van der Waals surface area (Å²) < 4.78 is 0. The van der Waals surface area contributed by atoms with Crippen molar-refractivity contribution in [1.29, 1.82) is 0 Å². The van der Waals surface area contributed by atoms with Crippen molar-refractivity contribution >= 4 is 22.6 Å². The van der Waals surface area contributed by atoms with E-state index in [1.165, 1.54) is 5.69 Å². The minimum Gasteiger partial charge on any atom is -0.371 e. The van der Waals surface area contributed by atoms with Crippen LogP contribution in [0.2, 0.25) is 0 Å². The van der Waals surface area contributed by atoms with Gasteiger partial charge in [0.1, 0.15) is 5.52 Å². The predicted octanol–water partition coefficient (Wildman–Crippen LogP) is 3.64. The Morgan fingerprint density at radius 1 is 1.36 bits per heavy atom. The third-order valence-electron chi connectivity index (χ3n) is 5.43. The molecule has 3 heterocycles. The first kappa shape index (κ1) is 18.6. The summed E-state index contributed by atoms with van der Waals surface area (Å²) in [6, 6.07) is 8.35. The Kier molecular flexibility index (Phi) is 4.67. The van der Waals surface area contributed by atoms with Gasteiger partial charge >= 0.3 is 0 Å². The lowest BCUT2D eigenvalue weighted by atomic mass is 9.87. The van der Waals surface area contributed by atoms with E-state index in [1.807, 2.05) is 32.9 Å². The number of carbonyl (C=O) groups is 1. The van der Waals surface area contributed by atoms with Crippen LogP contribution in [0.25, 0.3) is 22.4 Å². The summed E-state index contributed by atoms with van der Waals surface area (Å²) in [4.78, 5) is 27.5. The lowest BCUT2D eigenvalue weighted by molar-refractivity contribution is 0.0860. The van der Waals surface area contributed by atoms with E-state index in [4.69, 9.17) is 10.7 Å². The fourth-order valence-electron chi connectivity index (χ4n) is 3.73. The number of H-pyrrole nitrogens is 1. The van der Waals surface area contributed by atoms with Crippen LogP contribution in [0.1, 0.15) is 37.6 Å². The second-order valence-electron chi connectivity index (χ2n) is 8.62. The highest BCUT2D eigenvalue weighted by molar-refractivity contribution is 6.08. The number of Topliss-reactive ketones (excluding diaryl/α,β-unsaturated/α-hetero) is 1.